The summed E-state index contributed by atoms with van der Waals surface area (Å²) in [5, 5.41) is 24.0. The van der Waals surface area contributed by atoms with E-state index in [1.807, 2.05) is 45.0 Å². The topological polar surface area (TPSA) is 319 Å². The zero-order chi connectivity index (χ0) is 73.4. The van der Waals surface area contributed by atoms with E-state index in [0.717, 1.165) is 5.03 Å². The SMILES string of the molecule is CCCCOC(=O)C(C)(CC(C)(CCC)C(=O)O)CC(C)(C[B]C(C)(CC(C)(C[B]C(C)(CC(C)(CC)C(=O)OCCOCCOCCOCCOC)C(=O)OCCOCCNC(=O)OC(C)(C)C)C(=O)NCC(C)O)C(=O)OCCSSc1ccccn1)C(=O)OCCN(C)C. The van der Waals surface area contributed by atoms with E-state index in [1.165, 1.54) is 28.5 Å². The Labute approximate surface area is 587 Å². The van der Waals surface area contributed by atoms with Gasteiger partial charge < -0.3 is 77.9 Å². The van der Waals surface area contributed by atoms with Gasteiger partial charge in [0, 0.05) is 54.7 Å². The van der Waals surface area contributed by atoms with Crippen LogP contribution in [0.1, 0.15) is 155 Å². The summed E-state index contributed by atoms with van der Waals surface area (Å²) in [6, 6.07) is 5.48. The monoisotopic (exact) mass is 1410 g/mol. The number of methoxy groups -OCH3 is 1. The highest BCUT2D eigenvalue weighted by Crippen LogP contribution is 2.52. The van der Waals surface area contributed by atoms with Crippen molar-refractivity contribution in [2.24, 2.45) is 27.1 Å². The summed E-state index contributed by atoms with van der Waals surface area (Å²) in [5.74, 6) is -5.12. The molecule has 0 bridgehead atoms. The van der Waals surface area contributed by atoms with Crippen LogP contribution in [0.15, 0.2) is 29.4 Å². The fourth-order valence-corrected chi connectivity index (χ4v) is 12.6. The Hall–Kier alpha value is -4.74. The van der Waals surface area contributed by atoms with E-state index in [4.69, 9.17) is 52.1 Å². The molecule has 0 aliphatic heterocycles. The van der Waals surface area contributed by atoms with Gasteiger partial charge in [0.1, 0.15) is 51.6 Å². The van der Waals surface area contributed by atoms with Gasteiger partial charge in [0.15, 0.2) is 0 Å². The molecule has 29 heteroatoms. The Morgan fingerprint density at radius 3 is 1.59 bits per heavy atom. The zero-order valence-electron chi connectivity index (χ0n) is 61.4. The number of carboxylic acid groups (broad SMARTS) is 1. The van der Waals surface area contributed by atoms with Crippen molar-refractivity contribution in [3.63, 3.8) is 0 Å². The first-order valence-corrected chi connectivity index (χ1v) is 36.2. The van der Waals surface area contributed by atoms with Crippen molar-refractivity contribution in [2.45, 2.75) is 195 Å². The number of likely N-dealkylation sites (N-methyl/N-ethyl adjacent to an activating group) is 1. The number of unbranched alkanes of at least 4 members (excludes halogenated alkanes) is 1. The molecule has 0 aromatic carbocycles. The van der Waals surface area contributed by atoms with Crippen LogP contribution in [0.4, 0.5) is 4.79 Å². The normalized spacial score (nSPS) is 16.4. The third-order valence-electron chi connectivity index (χ3n) is 16.4. The number of alkyl carbamates (subject to hydrolysis) is 1. The summed E-state index contributed by atoms with van der Waals surface area (Å²) >= 11 is 0. The van der Waals surface area contributed by atoms with Gasteiger partial charge in [-0.15, -0.1) is 0 Å². The highest BCUT2D eigenvalue weighted by Gasteiger charge is 2.55. The molecule has 1 heterocycles. The van der Waals surface area contributed by atoms with Crippen molar-refractivity contribution in [1.29, 1.82) is 0 Å². The summed E-state index contributed by atoms with van der Waals surface area (Å²) in [6.45, 7) is 25.3. The Morgan fingerprint density at radius 1 is 0.577 bits per heavy atom. The molecule has 0 saturated carbocycles. The molecule has 8 unspecified atom stereocenters. The minimum atomic E-state index is -1.80. The van der Waals surface area contributed by atoms with E-state index in [0.29, 0.717) is 58.0 Å². The molecule has 0 spiro atoms. The summed E-state index contributed by atoms with van der Waals surface area (Å²) in [6.07, 6.45) is 0.488. The van der Waals surface area contributed by atoms with Crippen LogP contribution in [0.5, 0.6) is 0 Å². The van der Waals surface area contributed by atoms with Gasteiger partial charge in [-0.1, -0.05) is 83.9 Å². The Morgan fingerprint density at radius 2 is 1.07 bits per heavy atom. The van der Waals surface area contributed by atoms with Crippen LogP contribution in [0, 0.1) is 27.1 Å². The lowest BCUT2D eigenvalue weighted by Crippen LogP contribution is -2.49. The van der Waals surface area contributed by atoms with Crippen LogP contribution in [0.2, 0.25) is 23.3 Å². The van der Waals surface area contributed by atoms with Gasteiger partial charge >= 0.3 is 41.9 Å². The number of ether oxygens (including phenoxy) is 11. The Balaban J connectivity index is 4.11. The molecule has 0 saturated heterocycles. The summed E-state index contributed by atoms with van der Waals surface area (Å²) in [4.78, 5) is 121. The highest BCUT2D eigenvalue weighted by molar-refractivity contribution is 8.76. The first kappa shape index (κ1) is 90.3. The summed E-state index contributed by atoms with van der Waals surface area (Å²) in [5.41, 5.74) is -8.50. The second-order valence-electron chi connectivity index (χ2n) is 27.9. The van der Waals surface area contributed by atoms with Gasteiger partial charge in [0.25, 0.3) is 0 Å². The number of carboxylic acids is 1. The fraction of sp³-hybridized carbons (Fsp3) is 0.809. The number of hydrogen-bond acceptors (Lipinski definition) is 24. The van der Waals surface area contributed by atoms with E-state index in [2.05, 4.69) is 15.6 Å². The van der Waals surface area contributed by atoms with Crippen molar-refractivity contribution in [1.82, 2.24) is 20.5 Å². The number of aliphatic hydroxyl groups excluding tert-OH is 1. The molecule has 0 fully saturated rings. The van der Waals surface area contributed by atoms with Gasteiger partial charge in [0.2, 0.25) is 5.91 Å². The number of aliphatic carboxylic acids is 1. The number of carbonyl (C=O) groups excluding carboxylic acids is 7. The first-order chi connectivity index (χ1) is 45.5. The number of hydrogen-bond donors (Lipinski definition) is 4. The van der Waals surface area contributed by atoms with Gasteiger partial charge in [-0.2, -0.15) is 0 Å². The number of esters is 5. The summed E-state index contributed by atoms with van der Waals surface area (Å²) < 4.78 is 62.4. The number of aliphatic hydroxyl groups is 1. The third kappa shape index (κ3) is 35.4. The second-order valence-corrected chi connectivity index (χ2v) is 30.3. The van der Waals surface area contributed by atoms with Crippen LogP contribution in [-0.2, 0) is 85.7 Å². The van der Waals surface area contributed by atoms with E-state index < -0.39 is 97.2 Å². The molecule has 0 aliphatic carbocycles. The Kier molecular flexibility index (Phi) is 42.7. The van der Waals surface area contributed by atoms with Crippen LogP contribution < -0.4 is 10.6 Å². The Bertz CT molecular complexity index is 2510. The number of pyridine rings is 1. The highest BCUT2D eigenvalue weighted by atomic mass is 33.1. The molecule has 1 rings (SSSR count). The lowest BCUT2D eigenvalue weighted by Gasteiger charge is -2.43. The molecular weight excluding hydrogens is 1290 g/mol. The second kappa shape index (κ2) is 45.9. The average molecular weight is 1410 g/mol. The molecule has 0 aliphatic rings. The molecule has 4 N–H and O–H groups in total. The minimum absolute atomic E-state index is 0.0455. The zero-order valence-corrected chi connectivity index (χ0v) is 63.0. The van der Waals surface area contributed by atoms with Gasteiger partial charge in [-0.3, -0.25) is 33.6 Å². The number of amides is 2. The molecule has 2 radical (unpaired) electrons. The van der Waals surface area contributed by atoms with Gasteiger partial charge in [-0.05, 0) is 137 Å². The number of nitrogens with zero attached hydrogens (tertiary/aromatic N) is 2. The summed E-state index contributed by atoms with van der Waals surface area (Å²) in [7, 11) is 11.1. The quantitative estimate of drug-likeness (QED) is 0.0155. The number of nitrogens with one attached hydrogen (secondary N) is 2. The van der Waals surface area contributed by atoms with Gasteiger partial charge in [0.05, 0.1) is 93.8 Å². The van der Waals surface area contributed by atoms with Crippen LogP contribution in [0.25, 0.3) is 0 Å². The van der Waals surface area contributed by atoms with Crippen molar-refractivity contribution < 1.29 is 101 Å². The van der Waals surface area contributed by atoms with Crippen molar-refractivity contribution in [2.75, 3.05) is 139 Å². The molecule has 8 atom stereocenters. The molecule has 1 aromatic heterocycles. The van der Waals surface area contributed by atoms with E-state index >= 15 is 9.59 Å². The minimum Gasteiger partial charge on any atom is -0.481 e. The number of carbonyl (C=O) groups is 8. The third-order valence-corrected chi connectivity index (χ3v) is 18.6. The van der Waals surface area contributed by atoms with Crippen molar-refractivity contribution in [3.05, 3.63) is 24.4 Å². The van der Waals surface area contributed by atoms with Crippen molar-refractivity contribution >= 4 is 84.0 Å². The molecule has 97 heavy (non-hydrogen) atoms. The molecule has 25 nitrogen and oxygen atoms in total. The standard InChI is InChI=1S/C68H118B2N4O21S2/c1-18-21-29-90-56(80)64(10,45-63(9,25-19-2)54(77)78)46-66(12,57(81)91-31-28-74(15)16)50-70-68(14,59(83)94-42-43-96-97-52-24-22-23-26-71-52)48-65(11,53(76)73-44-51(4)75)49-69-67(13,58(82)93-41-38-86-30-27-72-60(84)95-61(5,6)7)47-62(8,20-3)55(79)92-40-39-89-37-36-88-35-34-87-33-32-85-17/h22-24,26,51,75H,18-21,25,27-50H2,1-17H3,(H,72,84)(H,73,76)(H,77,78). The fourth-order valence-electron chi connectivity index (χ4n) is 10.9. The molecule has 554 valence electrons. The maximum absolute atomic E-state index is 15.3. The van der Waals surface area contributed by atoms with Crippen molar-refractivity contribution in [3.8, 4) is 0 Å². The maximum Gasteiger partial charge on any atom is 0.407 e. The van der Waals surface area contributed by atoms with Gasteiger partial charge in [-0.25, -0.2) is 9.78 Å². The van der Waals surface area contributed by atoms with E-state index in [1.54, 1.807) is 110 Å². The molecule has 1 aromatic rings. The van der Waals surface area contributed by atoms with Crippen LogP contribution in [0.3, 0.4) is 0 Å². The number of aromatic nitrogens is 1. The lowest BCUT2D eigenvalue weighted by molar-refractivity contribution is -0.168. The molecule has 2 amide bonds. The first-order valence-electron chi connectivity index (χ1n) is 33.8. The largest absolute Gasteiger partial charge is 0.481 e. The predicted octanol–water partition coefficient (Wildman–Crippen LogP) is 9.12. The lowest BCUT2D eigenvalue weighted by atomic mass is 9.39. The number of rotatable bonds is 55. The van der Waals surface area contributed by atoms with E-state index in [9.17, 15) is 39.0 Å². The van der Waals surface area contributed by atoms with Crippen LogP contribution >= 0.6 is 21.6 Å². The maximum atomic E-state index is 15.3. The average Bonchev–Trinajstić information content (AvgIpc) is 0.798. The van der Waals surface area contributed by atoms with E-state index in [-0.39, 0.29) is 130 Å². The van der Waals surface area contributed by atoms with Crippen LogP contribution in [-0.4, -0.2) is 233 Å². The smallest absolute Gasteiger partial charge is 0.407 e. The predicted molar refractivity (Wildman–Crippen MR) is 375 cm³/mol. The molecular formula is C68H118B2N4O21S2.